The van der Waals surface area contributed by atoms with Crippen LogP contribution in [0, 0.1) is 11.7 Å². The van der Waals surface area contributed by atoms with Crippen LogP contribution in [0.3, 0.4) is 0 Å². The van der Waals surface area contributed by atoms with Crippen LogP contribution in [0.5, 0.6) is 5.75 Å². The number of carbonyl (C=O) groups is 1. The topological polar surface area (TPSA) is 115 Å². The van der Waals surface area contributed by atoms with Gasteiger partial charge >= 0.3 is 0 Å². The number of aromatic nitrogens is 2. The molecule has 0 atom stereocenters. The molecule has 1 saturated heterocycles. The van der Waals surface area contributed by atoms with Crippen molar-refractivity contribution in [2.24, 2.45) is 11.7 Å². The van der Waals surface area contributed by atoms with E-state index in [1.165, 1.54) is 23.3 Å². The summed E-state index contributed by atoms with van der Waals surface area (Å²) in [5.41, 5.74) is 11.6. The number of hydrogen-bond acceptors (Lipinski definition) is 9. The maximum atomic E-state index is 14.3. The predicted octanol–water partition coefficient (Wildman–Crippen LogP) is 3.99. The number of piperidine rings is 1. The van der Waals surface area contributed by atoms with E-state index in [-0.39, 0.29) is 12.5 Å². The molecule has 6 rings (SSSR count). The summed E-state index contributed by atoms with van der Waals surface area (Å²) in [7, 11) is 0. The maximum Gasteiger partial charge on any atom is 0.234 e. The number of rotatable bonds is 12. The minimum atomic E-state index is -0.393. The van der Waals surface area contributed by atoms with E-state index in [0.29, 0.717) is 49.2 Å². The molecule has 0 unspecified atom stereocenters. The molecule has 0 spiro atoms. The van der Waals surface area contributed by atoms with E-state index in [1.807, 2.05) is 5.38 Å². The summed E-state index contributed by atoms with van der Waals surface area (Å²) in [5, 5.41) is 18.6. The Labute approximate surface area is 260 Å². The van der Waals surface area contributed by atoms with E-state index in [2.05, 4.69) is 50.0 Å². The number of thiophene rings is 1. The molecule has 0 bridgehead atoms. The smallest absolute Gasteiger partial charge is 0.234 e. The van der Waals surface area contributed by atoms with Crippen LogP contribution in [-0.4, -0.2) is 80.1 Å². The van der Waals surface area contributed by atoms with Crippen molar-refractivity contribution in [1.82, 2.24) is 25.7 Å². The minimum Gasteiger partial charge on any atom is -0.490 e. The number of nitrogens with two attached hydrogens (primary N) is 1. The number of nitrogens with one attached hydrogen (secondary N) is 2. The number of hydrogen-bond donors (Lipinski definition) is 3. The zero-order valence-corrected chi connectivity index (χ0v) is 25.6. The zero-order chi connectivity index (χ0) is 30.3. The Morgan fingerprint density at radius 2 is 1.93 bits per heavy atom. The van der Waals surface area contributed by atoms with Gasteiger partial charge in [-0.15, -0.1) is 21.5 Å². The van der Waals surface area contributed by atoms with Gasteiger partial charge in [0.25, 0.3) is 0 Å². The second-order valence-corrected chi connectivity index (χ2v) is 12.3. The summed E-state index contributed by atoms with van der Waals surface area (Å²) < 4.78 is 26.9. The van der Waals surface area contributed by atoms with Gasteiger partial charge in [-0.2, -0.15) is 0 Å². The highest BCUT2D eigenvalue weighted by molar-refractivity contribution is 7.17. The lowest BCUT2D eigenvalue weighted by Crippen LogP contribution is -2.43. The molecule has 2 aromatic heterocycles. The van der Waals surface area contributed by atoms with Crippen molar-refractivity contribution in [3.05, 3.63) is 64.8 Å². The number of carbonyl (C=O) groups excluding carboxylic acids is 1. The summed E-state index contributed by atoms with van der Waals surface area (Å²) in [5.74, 6) is 0.562. The van der Waals surface area contributed by atoms with E-state index in [1.54, 1.807) is 17.4 Å². The van der Waals surface area contributed by atoms with Crippen molar-refractivity contribution in [3.8, 4) is 28.3 Å². The Morgan fingerprint density at radius 1 is 1.07 bits per heavy atom. The molecule has 1 fully saturated rings. The highest BCUT2D eigenvalue weighted by Gasteiger charge is 2.21. The van der Waals surface area contributed by atoms with Gasteiger partial charge in [-0.25, -0.2) is 4.39 Å². The van der Waals surface area contributed by atoms with Crippen molar-refractivity contribution in [1.29, 1.82) is 0 Å². The first kappa shape index (κ1) is 30.5. The summed E-state index contributed by atoms with van der Waals surface area (Å²) in [6.45, 7) is 6.10. The molecular weight excluding hydrogens is 579 g/mol. The number of halogens is 1. The number of ether oxygens (including phenoxy) is 2. The van der Waals surface area contributed by atoms with Crippen molar-refractivity contribution in [2.75, 3.05) is 59.1 Å². The lowest BCUT2D eigenvalue weighted by atomic mass is 9.96. The fraction of sp³-hybridized carbons (Fsp3) is 0.424. The van der Waals surface area contributed by atoms with E-state index in [0.717, 1.165) is 73.3 Å². The van der Waals surface area contributed by atoms with Crippen LogP contribution in [0.4, 0.5) is 4.39 Å². The van der Waals surface area contributed by atoms with Gasteiger partial charge in [-0.1, -0.05) is 12.1 Å². The molecule has 2 aliphatic heterocycles. The third kappa shape index (κ3) is 7.24. The van der Waals surface area contributed by atoms with Gasteiger partial charge in [0.1, 0.15) is 29.6 Å². The normalized spacial score (nSPS) is 15.8. The van der Waals surface area contributed by atoms with Crippen LogP contribution in [0.25, 0.3) is 32.6 Å². The predicted molar refractivity (Wildman–Crippen MR) is 171 cm³/mol. The fourth-order valence-corrected chi connectivity index (χ4v) is 6.81. The lowest BCUT2D eigenvalue weighted by Gasteiger charge is -2.30. The lowest BCUT2D eigenvalue weighted by molar-refractivity contribution is -0.122. The van der Waals surface area contributed by atoms with Gasteiger partial charge in [0.15, 0.2) is 0 Å². The summed E-state index contributed by atoms with van der Waals surface area (Å²) >= 11 is 1.58. The monoisotopic (exact) mass is 618 g/mol. The summed E-state index contributed by atoms with van der Waals surface area (Å²) in [4.78, 5) is 14.4. The van der Waals surface area contributed by atoms with Crippen molar-refractivity contribution in [3.63, 3.8) is 0 Å². The number of nitrogens with zero attached hydrogens (tertiary/aromatic N) is 3. The standard InChI is InChI=1S/C33H39FN6O3S/c34-26-3-4-27(29(18-26)43-15-14-42-13-10-37-30(41)21-40-11-6-22(19-35)7-12-40)32-33-28(8-16-44-33)31(38-39-32)24-1-2-25-20-36-9-5-23(25)17-24/h1-4,8,16-18,22,36H,5-7,9-15,19-21,35H2,(H,37,41). The van der Waals surface area contributed by atoms with Crippen LogP contribution in [0.1, 0.15) is 24.0 Å². The number of benzene rings is 2. The molecule has 44 heavy (non-hydrogen) atoms. The molecule has 9 nitrogen and oxygen atoms in total. The van der Waals surface area contributed by atoms with Crippen molar-refractivity contribution >= 4 is 27.3 Å². The molecule has 11 heteroatoms. The molecule has 2 aliphatic rings. The van der Waals surface area contributed by atoms with E-state index < -0.39 is 5.82 Å². The maximum absolute atomic E-state index is 14.3. The molecule has 4 N–H and O–H groups in total. The van der Waals surface area contributed by atoms with Crippen molar-refractivity contribution < 1.29 is 18.7 Å². The molecule has 4 aromatic rings. The molecule has 2 aromatic carbocycles. The average Bonchev–Trinajstić information content (AvgIpc) is 3.55. The quantitative estimate of drug-likeness (QED) is 0.204. The Kier molecular flexibility index (Phi) is 10.1. The van der Waals surface area contributed by atoms with Gasteiger partial charge in [0.2, 0.25) is 5.91 Å². The Morgan fingerprint density at radius 3 is 2.80 bits per heavy atom. The van der Waals surface area contributed by atoms with Crippen molar-refractivity contribution in [2.45, 2.75) is 25.8 Å². The van der Waals surface area contributed by atoms with Crippen LogP contribution in [0.15, 0.2) is 47.8 Å². The molecule has 0 saturated carbocycles. The van der Waals surface area contributed by atoms with Crippen LogP contribution in [-0.2, 0) is 22.5 Å². The molecular formula is C33H39FN6O3S. The number of likely N-dealkylation sites (tertiary alicyclic amines) is 1. The average molecular weight is 619 g/mol. The fourth-order valence-electron chi connectivity index (χ4n) is 5.92. The third-order valence-corrected chi connectivity index (χ3v) is 9.33. The SMILES string of the molecule is NCC1CCN(CC(=O)NCCOCCOc2cc(F)ccc2-c2nnc(-c3ccc4c(c3)CCNC4)c3ccsc23)CC1. The third-order valence-electron chi connectivity index (χ3n) is 8.41. The zero-order valence-electron chi connectivity index (χ0n) is 24.8. The highest BCUT2D eigenvalue weighted by atomic mass is 32.1. The molecule has 0 radical (unpaired) electrons. The summed E-state index contributed by atoms with van der Waals surface area (Å²) in [6.07, 6.45) is 3.08. The molecule has 4 heterocycles. The first-order chi connectivity index (χ1) is 21.6. The molecule has 0 aliphatic carbocycles. The first-order valence-electron chi connectivity index (χ1n) is 15.4. The Bertz CT molecular complexity index is 1590. The van der Waals surface area contributed by atoms with E-state index in [9.17, 15) is 9.18 Å². The largest absolute Gasteiger partial charge is 0.490 e. The Hall–Kier alpha value is -3.48. The summed E-state index contributed by atoms with van der Waals surface area (Å²) in [6, 6.07) is 13.0. The van der Waals surface area contributed by atoms with Gasteiger partial charge in [0, 0.05) is 35.7 Å². The minimum absolute atomic E-state index is 0.00334. The first-order valence-corrected chi connectivity index (χ1v) is 16.2. The highest BCUT2D eigenvalue weighted by Crippen LogP contribution is 2.39. The van der Waals surface area contributed by atoms with Crippen LogP contribution >= 0.6 is 11.3 Å². The van der Waals surface area contributed by atoms with E-state index >= 15 is 0 Å². The molecule has 232 valence electrons. The second-order valence-electron chi connectivity index (χ2n) is 11.4. The second kappa shape index (κ2) is 14.5. The number of amides is 1. The van der Waals surface area contributed by atoms with Gasteiger partial charge in [-0.3, -0.25) is 9.69 Å². The van der Waals surface area contributed by atoms with Crippen LogP contribution in [0.2, 0.25) is 0 Å². The van der Waals surface area contributed by atoms with Gasteiger partial charge in [0.05, 0.1) is 24.5 Å². The van der Waals surface area contributed by atoms with Crippen LogP contribution < -0.4 is 21.1 Å². The van der Waals surface area contributed by atoms with Gasteiger partial charge in [-0.05, 0) is 92.1 Å². The number of fused-ring (bicyclic) bond motifs is 2. The van der Waals surface area contributed by atoms with E-state index in [4.69, 9.17) is 15.2 Å². The molecule has 1 amide bonds. The Balaban J connectivity index is 1.04. The van der Waals surface area contributed by atoms with Gasteiger partial charge < -0.3 is 25.8 Å².